The zero-order chi connectivity index (χ0) is 23.3. The Hall–Kier alpha value is -3.25. The van der Waals surface area contributed by atoms with Crippen molar-refractivity contribution in [1.29, 1.82) is 5.26 Å². The van der Waals surface area contributed by atoms with Crippen LogP contribution in [0.5, 0.6) is 5.75 Å². The maximum Gasteiger partial charge on any atom is 0.422 e. The quantitative estimate of drug-likeness (QED) is 0.697. The van der Waals surface area contributed by atoms with Crippen LogP contribution in [0.4, 0.5) is 18.9 Å². The maximum atomic E-state index is 12.7. The van der Waals surface area contributed by atoms with E-state index in [1.807, 2.05) is 0 Å². The summed E-state index contributed by atoms with van der Waals surface area (Å²) in [5, 5.41) is 12.4. The third kappa shape index (κ3) is 6.14. The summed E-state index contributed by atoms with van der Waals surface area (Å²) in [6.45, 7) is -0.771. The van der Waals surface area contributed by atoms with Gasteiger partial charge in [0, 0.05) is 29.4 Å². The highest BCUT2D eigenvalue weighted by atomic mass is 35.5. The van der Waals surface area contributed by atoms with Gasteiger partial charge in [0.05, 0.1) is 11.5 Å². The van der Waals surface area contributed by atoms with Gasteiger partial charge in [0.2, 0.25) is 5.91 Å². The highest BCUT2D eigenvalue weighted by Crippen LogP contribution is 2.26. The topological polar surface area (TPSA) is 82.4 Å². The van der Waals surface area contributed by atoms with Crippen molar-refractivity contribution < 1.29 is 27.5 Å². The van der Waals surface area contributed by atoms with Crippen molar-refractivity contribution in [3.63, 3.8) is 0 Å². The standard InChI is InChI=1S/C22H19ClF3N3O3/c23-17-5-3-14(4-6-17)21(31)29-9-1-2-15(12-29)20(30)28-18-7-8-19(16(10-18)11-27)32-13-22(24,25)26/h3-8,10,15H,1-2,9,12-13H2,(H,28,30). The molecule has 2 aromatic rings. The number of hydrogen-bond donors (Lipinski definition) is 1. The van der Waals surface area contributed by atoms with Gasteiger partial charge in [0.25, 0.3) is 5.91 Å². The second-order valence-corrected chi connectivity index (χ2v) is 7.75. The number of ether oxygens (including phenoxy) is 1. The molecule has 2 amide bonds. The van der Waals surface area contributed by atoms with Crippen molar-refractivity contribution in [2.24, 2.45) is 5.92 Å². The lowest BCUT2D eigenvalue weighted by atomic mass is 9.96. The van der Waals surface area contributed by atoms with E-state index < -0.39 is 18.7 Å². The predicted molar refractivity (Wildman–Crippen MR) is 111 cm³/mol. The van der Waals surface area contributed by atoms with Crippen LogP contribution in [0.25, 0.3) is 0 Å². The number of carbonyl (C=O) groups is 2. The van der Waals surface area contributed by atoms with E-state index in [4.69, 9.17) is 11.6 Å². The molecule has 6 nitrogen and oxygen atoms in total. The number of likely N-dealkylation sites (tertiary alicyclic amines) is 1. The number of benzene rings is 2. The average molecular weight is 466 g/mol. The summed E-state index contributed by atoms with van der Waals surface area (Å²) >= 11 is 5.86. The van der Waals surface area contributed by atoms with Gasteiger partial charge in [-0.2, -0.15) is 18.4 Å². The minimum Gasteiger partial charge on any atom is -0.483 e. The van der Waals surface area contributed by atoms with Crippen LogP contribution in [0.2, 0.25) is 5.02 Å². The Balaban J connectivity index is 1.64. The third-order valence-corrected chi connectivity index (χ3v) is 5.18. The van der Waals surface area contributed by atoms with Crippen molar-refractivity contribution in [3.8, 4) is 11.8 Å². The number of nitriles is 1. The molecular weight excluding hydrogens is 447 g/mol. The van der Waals surface area contributed by atoms with Crippen LogP contribution in [-0.2, 0) is 4.79 Å². The number of halogens is 4. The molecule has 0 radical (unpaired) electrons. The number of hydrogen-bond acceptors (Lipinski definition) is 4. The first-order valence-electron chi connectivity index (χ1n) is 9.75. The molecule has 1 fully saturated rings. The molecule has 0 bridgehead atoms. The Morgan fingerprint density at radius 3 is 2.59 bits per heavy atom. The highest BCUT2D eigenvalue weighted by Gasteiger charge is 2.30. The van der Waals surface area contributed by atoms with Gasteiger partial charge in [-0.3, -0.25) is 9.59 Å². The fourth-order valence-corrected chi connectivity index (χ4v) is 3.50. The monoisotopic (exact) mass is 465 g/mol. The fraction of sp³-hybridized carbons (Fsp3) is 0.318. The van der Waals surface area contributed by atoms with Gasteiger partial charge in [-0.1, -0.05) is 11.6 Å². The van der Waals surface area contributed by atoms with E-state index in [0.717, 1.165) is 0 Å². The summed E-state index contributed by atoms with van der Waals surface area (Å²) in [6.07, 6.45) is -3.31. The largest absolute Gasteiger partial charge is 0.483 e. The van der Waals surface area contributed by atoms with Gasteiger partial charge in [0.15, 0.2) is 6.61 Å². The predicted octanol–water partition coefficient (Wildman–Crippen LogP) is 4.64. The van der Waals surface area contributed by atoms with E-state index in [1.54, 1.807) is 35.2 Å². The number of nitrogens with one attached hydrogen (secondary N) is 1. The molecule has 10 heteroatoms. The minimum atomic E-state index is -4.53. The zero-order valence-electron chi connectivity index (χ0n) is 16.8. The maximum absolute atomic E-state index is 12.7. The van der Waals surface area contributed by atoms with Crippen LogP contribution in [0.3, 0.4) is 0 Å². The molecule has 1 aliphatic rings. The molecule has 2 aromatic carbocycles. The van der Waals surface area contributed by atoms with Gasteiger partial charge in [0.1, 0.15) is 11.8 Å². The van der Waals surface area contributed by atoms with E-state index in [9.17, 15) is 28.0 Å². The van der Waals surface area contributed by atoms with Crippen LogP contribution < -0.4 is 10.1 Å². The summed E-state index contributed by atoms with van der Waals surface area (Å²) in [5.41, 5.74) is 0.603. The second kappa shape index (κ2) is 9.92. The minimum absolute atomic E-state index is 0.129. The lowest BCUT2D eigenvalue weighted by Gasteiger charge is -2.32. The van der Waals surface area contributed by atoms with Gasteiger partial charge in [-0.15, -0.1) is 0 Å². The molecule has 0 spiro atoms. The molecule has 1 N–H and O–H groups in total. The molecule has 0 saturated carbocycles. The molecule has 3 rings (SSSR count). The van der Waals surface area contributed by atoms with E-state index in [2.05, 4.69) is 10.1 Å². The van der Waals surface area contributed by atoms with E-state index in [1.165, 1.54) is 18.2 Å². The highest BCUT2D eigenvalue weighted by molar-refractivity contribution is 6.30. The van der Waals surface area contributed by atoms with Crippen molar-refractivity contribution >= 4 is 29.1 Å². The first-order valence-corrected chi connectivity index (χ1v) is 10.1. The molecule has 1 aliphatic heterocycles. The Morgan fingerprint density at radius 1 is 1.22 bits per heavy atom. The molecule has 168 valence electrons. The SMILES string of the molecule is N#Cc1cc(NC(=O)C2CCCN(C(=O)c3ccc(Cl)cc3)C2)ccc1OCC(F)(F)F. The van der Waals surface area contributed by atoms with Crippen molar-refractivity contribution in [2.75, 3.05) is 25.0 Å². The zero-order valence-corrected chi connectivity index (χ0v) is 17.5. The first-order chi connectivity index (χ1) is 15.2. The molecule has 1 heterocycles. The van der Waals surface area contributed by atoms with E-state index in [0.29, 0.717) is 30.0 Å². The van der Waals surface area contributed by atoms with Crippen molar-refractivity contribution in [1.82, 2.24) is 4.90 Å². The summed E-state index contributed by atoms with van der Waals surface area (Å²) < 4.78 is 41.7. The normalized spacial score (nSPS) is 16.2. The average Bonchev–Trinajstić information content (AvgIpc) is 2.77. The Morgan fingerprint density at radius 2 is 1.94 bits per heavy atom. The molecule has 1 saturated heterocycles. The van der Waals surface area contributed by atoms with Crippen LogP contribution in [0.1, 0.15) is 28.8 Å². The lowest BCUT2D eigenvalue weighted by molar-refractivity contribution is -0.153. The summed E-state index contributed by atoms with van der Waals surface area (Å²) in [6, 6.07) is 12.1. The fourth-order valence-electron chi connectivity index (χ4n) is 3.38. The van der Waals surface area contributed by atoms with Gasteiger partial charge >= 0.3 is 6.18 Å². The summed E-state index contributed by atoms with van der Waals surface area (Å²) in [5.74, 6) is -1.23. The van der Waals surface area contributed by atoms with E-state index >= 15 is 0 Å². The summed E-state index contributed by atoms with van der Waals surface area (Å²) in [7, 11) is 0. The molecular formula is C22H19ClF3N3O3. The lowest BCUT2D eigenvalue weighted by Crippen LogP contribution is -2.43. The first kappa shape index (κ1) is 23.4. The number of piperidine rings is 1. The van der Waals surface area contributed by atoms with Crippen molar-refractivity contribution in [2.45, 2.75) is 19.0 Å². The summed E-state index contributed by atoms with van der Waals surface area (Å²) in [4.78, 5) is 27.0. The van der Waals surface area contributed by atoms with Crippen LogP contribution in [0.15, 0.2) is 42.5 Å². The number of anilines is 1. The van der Waals surface area contributed by atoms with Crippen LogP contribution in [-0.4, -0.2) is 42.6 Å². The van der Waals surface area contributed by atoms with Crippen LogP contribution >= 0.6 is 11.6 Å². The number of rotatable bonds is 5. The number of alkyl halides is 3. The molecule has 32 heavy (non-hydrogen) atoms. The molecule has 1 unspecified atom stereocenters. The smallest absolute Gasteiger partial charge is 0.422 e. The molecule has 0 aliphatic carbocycles. The number of carbonyl (C=O) groups excluding carboxylic acids is 2. The third-order valence-electron chi connectivity index (χ3n) is 4.93. The van der Waals surface area contributed by atoms with Gasteiger partial charge < -0.3 is 15.0 Å². The van der Waals surface area contributed by atoms with Crippen LogP contribution in [0, 0.1) is 17.2 Å². The Kier molecular flexibility index (Phi) is 7.26. The molecule has 1 atom stereocenters. The number of amides is 2. The number of nitrogens with zero attached hydrogens (tertiary/aromatic N) is 2. The van der Waals surface area contributed by atoms with Gasteiger partial charge in [-0.25, -0.2) is 0 Å². The van der Waals surface area contributed by atoms with Crippen molar-refractivity contribution in [3.05, 3.63) is 58.6 Å². The Labute approximate surface area is 187 Å². The molecule has 0 aromatic heterocycles. The second-order valence-electron chi connectivity index (χ2n) is 7.31. The Bertz CT molecular complexity index is 1040. The van der Waals surface area contributed by atoms with Gasteiger partial charge in [-0.05, 0) is 55.3 Å². The van der Waals surface area contributed by atoms with E-state index in [-0.39, 0.29) is 35.4 Å².